The van der Waals surface area contributed by atoms with E-state index in [4.69, 9.17) is 0 Å². The van der Waals surface area contributed by atoms with E-state index in [2.05, 4.69) is 28.5 Å². The van der Waals surface area contributed by atoms with Gasteiger partial charge in [-0.15, -0.1) is 5.11 Å². The van der Waals surface area contributed by atoms with E-state index in [0.717, 1.165) is 17.1 Å². The molecular weight excluding hydrogens is 230 g/mol. The Kier molecular flexibility index (Phi) is 2.80. The summed E-state index contributed by atoms with van der Waals surface area (Å²) in [4.78, 5) is 1.15. The minimum atomic E-state index is 0.767. The van der Waals surface area contributed by atoms with Gasteiger partial charge in [-0.25, -0.2) is 4.41 Å². The Morgan fingerprint density at radius 3 is 2.59 bits per heavy atom. The topological polar surface area (TPSA) is 28.0 Å². The summed E-state index contributed by atoms with van der Waals surface area (Å²) in [6, 6.07) is 18.3. The molecule has 17 heavy (non-hydrogen) atoms. The number of nitrogens with zero attached hydrogens (tertiary/aromatic N) is 3. The van der Waals surface area contributed by atoms with E-state index in [-0.39, 0.29) is 0 Å². The second-order valence-electron chi connectivity index (χ2n) is 3.74. The fourth-order valence-corrected chi connectivity index (χ4v) is 2.51. The summed E-state index contributed by atoms with van der Waals surface area (Å²) in [6.07, 6.45) is 0. The molecule has 2 aromatic rings. The largest absolute Gasteiger partial charge is 0.211 e. The van der Waals surface area contributed by atoms with Gasteiger partial charge in [0.05, 0.1) is 11.4 Å². The average molecular weight is 241 g/mol. The Morgan fingerprint density at radius 2 is 1.71 bits per heavy atom. The molecule has 3 nitrogen and oxygen atoms in total. The number of benzene rings is 2. The second kappa shape index (κ2) is 4.59. The third kappa shape index (κ3) is 2.31. The van der Waals surface area contributed by atoms with Crippen molar-refractivity contribution in [3.63, 3.8) is 0 Å². The summed E-state index contributed by atoms with van der Waals surface area (Å²) in [7, 11) is 0. The summed E-state index contributed by atoms with van der Waals surface area (Å²) in [5.41, 5.74) is 2.18. The molecule has 0 amide bonds. The van der Waals surface area contributed by atoms with Crippen LogP contribution in [0.2, 0.25) is 0 Å². The van der Waals surface area contributed by atoms with E-state index in [9.17, 15) is 0 Å². The first-order chi connectivity index (χ1) is 8.42. The maximum absolute atomic E-state index is 4.20. The van der Waals surface area contributed by atoms with Crippen molar-refractivity contribution in [3.8, 4) is 0 Å². The highest BCUT2D eigenvalue weighted by Gasteiger charge is 2.13. The van der Waals surface area contributed by atoms with Crippen molar-refractivity contribution in [3.05, 3.63) is 60.2 Å². The Morgan fingerprint density at radius 1 is 0.941 bits per heavy atom. The second-order valence-corrected chi connectivity index (χ2v) is 4.79. The molecule has 1 aliphatic rings. The van der Waals surface area contributed by atoms with Crippen molar-refractivity contribution >= 4 is 17.6 Å². The van der Waals surface area contributed by atoms with Gasteiger partial charge < -0.3 is 0 Å². The molecule has 0 N–H and O–H groups in total. The van der Waals surface area contributed by atoms with Crippen LogP contribution in [0.25, 0.3) is 0 Å². The number of hydrogen-bond acceptors (Lipinski definition) is 4. The van der Waals surface area contributed by atoms with Crippen LogP contribution in [0.15, 0.2) is 69.8 Å². The molecule has 0 aromatic heterocycles. The van der Waals surface area contributed by atoms with Crippen LogP contribution in [0, 0.1) is 0 Å². The fraction of sp³-hybridized carbons (Fsp3) is 0.0769. The molecule has 0 spiro atoms. The predicted octanol–water partition coefficient (Wildman–Crippen LogP) is 4.21. The summed E-state index contributed by atoms with van der Waals surface area (Å²) >= 11 is 1.62. The van der Waals surface area contributed by atoms with Crippen LogP contribution in [-0.2, 0) is 6.54 Å². The van der Waals surface area contributed by atoms with Gasteiger partial charge in [-0.3, -0.25) is 0 Å². The first-order valence-corrected chi connectivity index (χ1v) is 6.19. The lowest BCUT2D eigenvalue weighted by molar-refractivity contribution is 0.462. The zero-order valence-electron chi connectivity index (χ0n) is 9.15. The molecule has 0 unspecified atom stereocenters. The fourth-order valence-electron chi connectivity index (χ4n) is 1.65. The van der Waals surface area contributed by atoms with Gasteiger partial charge in [0.25, 0.3) is 0 Å². The lowest BCUT2D eigenvalue weighted by Crippen LogP contribution is -2.09. The first-order valence-electron chi connectivity index (χ1n) is 5.42. The van der Waals surface area contributed by atoms with E-state index in [1.807, 2.05) is 40.8 Å². The summed E-state index contributed by atoms with van der Waals surface area (Å²) in [5.74, 6) is 0. The van der Waals surface area contributed by atoms with E-state index in [1.165, 1.54) is 5.56 Å². The maximum Gasteiger partial charge on any atom is 0.103 e. The predicted molar refractivity (Wildman–Crippen MR) is 68.8 cm³/mol. The molecule has 1 heterocycles. The standard InChI is InChI=1S/C13H11N3S/c1-2-6-11(7-3-1)10-16-15-14-12-8-4-5-9-13(12)17-16/h1-9H,10H2. The van der Waals surface area contributed by atoms with Crippen molar-refractivity contribution in [2.24, 2.45) is 10.3 Å². The third-order valence-electron chi connectivity index (χ3n) is 2.48. The van der Waals surface area contributed by atoms with Crippen molar-refractivity contribution in [2.75, 3.05) is 0 Å². The molecule has 0 fully saturated rings. The Labute approximate surface area is 104 Å². The van der Waals surface area contributed by atoms with E-state index in [0.29, 0.717) is 0 Å². The normalized spacial score (nSPS) is 13.5. The van der Waals surface area contributed by atoms with Gasteiger partial charge in [0.1, 0.15) is 5.69 Å². The van der Waals surface area contributed by atoms with Gasteiger partial charge in [0.15, 0.2) is 0 Å². The average Bonchev–Trinajstić information content (AvgIpc) is 2.40. The molecule has 4 heteroatoms. The molecule has 1 aliphatic heterocycles. The highest BCUT2D eigenvalue weighted by molar-refractivity contribution is 7.97. The van der Waals surface area contributed by atoms with Crippen LogP contribution < -0.4 is 0 Å². The molecule has 3 rings (SSSR count). The first kappa shape index (κ1) is 10.4. The zero-order chi connectivity index (χ0) is 11.5. The lowest BCUT2D eigenvalue weighted by Gasteiger charge is -2.20. The van der Waals surface area contributed by atoms with Gasteiger partial charge in [0.2, 0.25) is 0 Å². The summed E-state index contributed by atoms with van der Waals surface area (Å²) in [6.45, 7) is 0.767. The smallest absolute Gasteiger partial charge is 0.103 e. The van der Waals surface area contributed by atoms with Gasteiger partial charge in [-0.1, -0.05) is 47.7 Å². The summed E-state index contributed by atoms with van der Waals surface area (Å²) < 4.78 is 1.90. The Hall–Kier alpha value is -1.81. The van der Waals surface area contributed by atoms with Crippen LogP contribution in [-0.4, -0.2) is 4.41 Å². The van der Waals surface area contributed by atoms with E-state index < -0.39 is 0 Å². The maximum atomic E-state index is 4.20. The molecule has 0 bridgehead atoms. The molecule has 0 radical (unpaired) electrons. The van der Waals surface area contributed by atoms with Gasteiger partial charge in [-0.05, 0) is 17.7 Å². The van der Waals surface area contributed by atoms with Crippen molar-refractivity contribution in [1.29, 1.82) is 0 Å². The molecule has 0 saturated carbocycles. The van der Waals surface area contributed by atoms with Crippen LogP contribution in [0.4, 0.5) is 5.69 Å². The van der Waals surface area contributed by atoms with Crippen LogP contribution in [0.3, 0.4) is 0 Å². The molecule has 84 valence electrons. The van der Waals surface area contributed by atoms with E-state index >= 15 is 0 Å². The zero-order valence-corrected chi connectivity index (χ0v) is 9.97. The third-order valence-corrected chi connectivity index (χ3v) is 3.44. The van der Waals surface area contributed by atoms with Gasteiger partial charge in [-0.2, -0.15) is 0 Å². The van der Waals surface area contributed by atoms with Crippen molar-refractivity contribution in [2.45, 2.75) is 11.4 Å². The Balaban J connectivity index is 1.77. The minimum absolute atomic E-state index is 0.767. The van der Waals surface area contributed by atoms with Gasteiger partial charge in [0, 0.05) is 11.9 Å². The molecular formula is C13H11N3S. The van der Waals surface area contributed by atoms with Crippen LogP contribution in [0.5, 0.6) is 0 Å². The monoisotopic (exact) mass is 241 g/mol. The number of hydrogen-bond donors (Lipinski definition) is 0. The minimum Gasteiger partial charge on any atom is -0.211 e. The number of rotatable bonds is 2. The van der Waals surface area contributed by atoms with Gasteiger partial charge >= 0.3 is 0 Å². The molecule has 2 aromatic carbocycles. The molecule has 0 aliphatic carbocycles. The van der Waals surface area contributed by atoms with Crippen LogP contribution in [0.1, 0.15) is 5.56 Å². The number of fused-ring (bicyclic) bond motifs is 1. The van der Waals surface area contributed by atoms with Crippen molar-refractivity contribution < 1.29 is 0 Å². The van der Waals surface area contributed by atoms with Crippen LogP contribution >= 0.6 is 11.9 Å². The molecule has 0 saturated heterocycles. The SMILES string of the molecule is c1ccc(CN2N=Nc3ccccc3S2)cc1. The highest BCUT2D eigenvalue weighted by atomic mass is 32.2. The quantitative estimate of drug-likeness (QED) is 0.737. The van der Waals surface area contributed by atoms with Crippen molar-refractivity contribution in [1.82, 2.24) is 4.41 Å². The lowest BCUT2D eigenvalue weighted by atomic mass is 10.2. The summed E-state index contributed by atoms with van der Waals surface area (Å²) in [5, 5.41) is 8.39. The highest BCUT2D eigenvalue weighted by Crippen LogP contribution is 2.37. The Bertz CT molecular complexity index is 539. The van der Waals surface area contributed by atoms with E-state index in [1.54, 1.807) is 11.9 Å². The molecule has 0 atom stereocenters.